The van der Waals surface area contributed by atoms with Crippen molar-refractivity contribution in [1.82, 2.24) is 0 Å². The summed E-state index contributed by atoms with van der Waals surface area (Å²) in [6, 6.07) is 15.3. The number of hydrogen-bond donors (Lipinski definition) is 0. The number of hydrogen-bond acceptors (Lipinski definition) is 0. The monoisotopic (exact) mass is 312 g/mol. The first kappa shape index (κ1) is 15.9. The molecule has 1 atom stereocenters. The Morgan fingerprint density at radius 1 is 0.857 bits per heavy atom. The van der Waals surface area contributed by atoms with Crippen molar-refractivity contribution < 1.29 is 13.2 Å². The van der Waals surface area contributed by atoms with Gasteiger partial charge in [-0.1, -0.05) is 48.5 Å². The van der Waals surface area contributed by atoms with E-state index in [1.165, 1.54) is 12.1 Å². The maximum atomic E-state index is 12.7. The van der Waals surface area contributed by atoms with Crippen molar-refractivity contribution in [2.24, 2.45) is 5.92 Å². The minimum atomic E-state index is -4.30. The molecule has 2 aromatic carbocycles. The zero-order valence-electron chi connectivity index (χ0n) is 11.4. The van der Waals surface area contributed by atoms with Crippen LogP contribution in [-0.4, -0.2) is 5.88 Å². The van der Waals surface area contributed by atoms with Gasteiger partial charge < -0.3 is 0 Å². The molecular formula is C17H16ClF3. The van der Waals surface area contributed by atoms with Crippen LogP contribution in [-0.2, 0) is 19.0 Å². The second-order valence-electron chi connectivity index (χ2n) is 5.11. The van der Waals surface area contributed by atoms with Crippen LogP contribution < -0.4 is 0 Å². The van der Waals surface area contributed by atoms with E-state index in [4.69, 9.17) is 11.6 Å². The van der Waals surface area contributed by atoms with Crippen molar-refractivity contribution in [2.75, 3.05) is 5.88 Å². The highest BCUT2D eigenvalue weighted by molar-refractivity contribution is 6.18. The van der Waals surface area contributed by atoms with Crippen LogP contribution in [0.4, 0.5) is 13.2 Å². The summed E-state index contributed by atoms with van der Waals surface area (Å²) in [6.07, 6.45) is -2.99. The van der Waals surface area contributed by atoms with Crippen LogP contribution in [0.1, 0.15) is 16.7 Å². The van der Waals surface area contributed by atoms with Crippen molar-refractivity contribution in [3.63, 3.8) is 0 Å². The average molecular weight is 313 g/mol. The van der Waals surface area contributed by atoms with Gasteiger partial charge in [-0.2, -0.15) is 13.2 Å². The third-order valence-corrected chi connectivity index (χ3v) is 3.80. The van der Waals surface area contributed by atoms with Gasteiger partial charge in [0.1, 0.15) is 0 Å². The smallest absolute Gasteiger partial charge is 0.166 e. The Hall–Kier alpha value is -1.48. The van der Waals surface area contributed by atoms with Gasteiger partial charge in [0.05, 0.1) is 5.56 Å². The molecule has 4 heteroatoms. The second-order valence-corrected chi connectivity index (χ2v) is 5.42. The molecule has 0 amide bonds. The summed E-state index contributed by atoms with van der Waals surface area (Å²) in [5.74, 6) is 0.544. The lowest BCUT2D eigenvalue weighted by molar-refractivity contribution is -0.137. The first-order valence-electron chi connectivity index (χ1n) is 6.75. The molecule has 0 aromatic heterocycles. The van der Waals surface area contributed by atoms with Crippen LogP contribution in [0.15, 0.2) is 54.6 Å². The third-order valence-electron chi connectivity index (χ3n) is 3.36. The van der Waals surface area contributed by atoms with E-state index in [1.807, 2.05) is 30.3 Å². The molecule has 0 spiro atoms. The average Bonchev–Trinajstić information content (AvgIpc) is 2.47. The van der Waals surface area contributed by atoms with Gasteiger partial charge in [-0.3, -0.25) is 0 Å². The molecule has 0 aliphatic carbocycles. The van der Waals surface area contributed by atoms with E-state index in [2.05, 4.69) is 0 Å². The molecule has 0 radical (unpaired) electrons. The van der Waals surface area contributed by atoms with Gasteiger partial charge in [0.25, 0.3) is 0 Å². The van der Waals surface area contributed by atoms with Gasteiger partial charge >= 0.3 is 6.18 Å². The zero-order chi connectivity index (χ0) is 15.3. The van der Waals surface area contributed by atoms with Gasteiger partial charge in [-0.25, -0.2) is 0 Å². The van der Waals surface area contributed by atoms with Crippen LogP contribution in [0.2, 0.25) is 0 Å². The van der Waals surface area contributed by atoms with E-state index in [9.17, 15) is 13.2 Å². The van der Waals surface area contributed by atoms with Gasteiger partial charge in [0.15, 0.2) is 0 Å². The lowest BCUT2D eigenvalue weighted by atomic mass is 9.93. The predicted molar refractivity (Wildman–Crippen MR) is 79.5 cm³/mol. The van der Waals surface area contributed by atoms with E-state index < -0.39 is 11.7 Å². The first-order valence-corrected chi connectivity index (χ1v) is 7.28. The molecule has 0 saturated heterocycles. The molecular weight excluding hydrogens is 297 g/mol. The molecule has 0 fully saturated rings. The molecule has 0 bridgehead atoms. The Balaban J connectivity index is 2.08. The standard InChI is InChI=1S/C17H16ClF3/c18-12-15(9-13-5-2-1-3-6-13)10-14-7-4-8-16(11-14)17(19,20)21/h1-8,11,15H,9-10,12H2. The van der Waals surface area contributed by atoms with E-state index in [1.54, 1.807) is 6.07 Å². The zero-order valence-corrected chi connectivity index (χ0v) is 12.2. The molecule has 0 aliphatic heterocycles. The maximum absolute atomic E-state index is 12.7. The normalized spacial score (nSPS) is 13.1. The van der Waals surface area contributed by atoms with Crippen LogP contribution in [0.3, 0.4) is 0 Å². The minimum absolute atomic E-state index is 0.123. The highest BCUT2D eigenvalue weighted by Gasteiger charge is 2.30. The second kappa shape index (κ2) is 6.99. The number of rotatable bonds is 5. The molecule has 1 unspecified atom stereocenters. The Morgan fingerprint density at radius 3 is 2.10 bits per heavy atom. The van der Waals surface area contributed by atoms with E-state index in [0.29, 0.717) is 17.9 Å². The first-order chi connectivity index (χ1) is 9.99. The molecule has 0 aliphatic rings. The SMILES string of the molecule is FC(F)(F)c1cccc(CC(CCl)Cc2ccccc2)c1. The lowest BCUT2D eigenvalue weighted by Gasteiger charge is -2.15. The van der Waals surface area contributed by atoms with Gasteiger partial charge in [-0.05, 0) is 36.0 Å². The predicted octanol–water partition coefficient (Wildman–Crippen LogP) is 5.35. The fourth-order valence-electron chi connectivity index (χ4n) is 2.34. The molecule has 0 saturated carbocycles. The maximum Gasteiger partial charge on any atom is 0.416 e. The lowest BCUT2D eigenvalue weighted by Crippen LogP contribution is -2.11. The van der Waals surface area contributed by atoms with E-state index >= 15 is 0 Å². The highest BCUT2D eigenvalue weighted by atomic mass is 35.5. The summed E-state index contributed by atoms with van der Waals surface area (Å²) < 4.78 is 38.1. The minimum Gasteiger partial charge on any atom is -0.166 e. The van der Waals surface area contributed by atoms with Crippen molar-refractivity contribution in [1.29, 1.82) is 0 Å². The van der Waals surface area contributed by atoms with Crippen molar-refractivity contribution in [3.05, 3.63) is 71.3 Å². The van der Waals surface area contributed by atoms with Crippen LogP contribution in [0.25, 0.3) is 0 Å². The fraction of sp³-hybridized carbons (Fsp3) is 0.294. The molecule has 112 valence electrons. The Morgan fingerprint density at radius 2 is 1.48 bits per heavy atom. The summed E-state index contributed by atoms with van der Waals surface area (Å²) >= 11 is 5.97. The van der Waals surface area contributed by atoms with Crippen LogP contribution in [0.5, 0.6) is 0 Å². The fourth-order valence-corrected chi connectivity index (χ4v) is 2.55. The van der Waals surface area contributed by atoms with Crippen molar-refractivity contribution in [3.8, 4) is 0 Å². The van der Waals surface area contributed by atoms with E-state index in [-0.39, 0.29) is 5.92 Å². The summed E-state index contributed by atoms with van der Waals surface area (Å²) in [5, 5.41) is 0. The summed E-state index contributed by atoms with van der Waals surface area (Å²) in [4.78, 5) is 0. The number of benzene rings is 2. The molecule has 2 rings (SSSR count). The van der Waals surface area contributed by atoms with Crippen LogP contribution >= 0.6 is 11.6 Å². The quantitative estimate of drug-likeness (QED) is 0.653. The Labute approximate surface area is 127 Å². The van der Waals surface area contributed by atoms with Gasteiger partial charge in [-0.15, -0.1) is 11.6 Å². The molecule has 21 heavy (non-hydrogen) atoms. The third kappa shape index (κ3) is 4.78. The van der Waals surface area contributed by atoms with Crippen LogP contribution in [0, 0.1) is 5.92 Å². The van der Waals surface area contributed by atoms with Crippen molar-refractivity contribution in [2.45, 2.75) is 19.0 Å². The Kier molecular flexibility index (Phi) is 5.29. The topological polar surface area (TPSA) is 0 Å². The Bertz CT molecular complexity index is 564. The van der Waals surface area contributed by atoms with Crippen molar-refractivity contribution >= 4 is 11.6 Å². The number of alkyl halides is 4. The molecule has 0 nitrogen and oxygen atoms in total. The summed E-state index contributed by atoms with van der Waals surface area (Å²) in [7, 11) is 0. The number of halogens is 4. The highest BCUT2D eigenvalue weighted by Crippen LogP contribution is 2.30. The summed E-state index contributed by atoms with van der Waals surface area (Å²) in [6.45, 7) is 0. The van der Waals surface area contributed by atoms with Gasteiger partial charge in [0, 0.05) is 5.88 Å². The summed E-state index contributed by atoms with van der Waals surface area (Å²) in [5.41, 5.74) is 1.22. The largest absolute Gasteiger partial charge is 0.416 e. The molecule has 0 N–H and O–H groups in total. The van der Waals surface area contributed by atoms with Gasteiger partial charge in [0.2, 0.25) is 0 Å². The molecule has 0 heterocycles. The van der Waals surface area contributed by atoms with E-state index in [0.717, 1.165) is 18.1 Å². The molecule has 2 aromatic rings.